The van der Waals surface area contributed by atoms with Gasteiger partial charge >= 0.3 is 0 Å². The molecule has 5 heteroatoms. The first kappa shape index (κ1) is 12.9. The quantitative estimate of drug-likeness (QED) is 0.809. The lowest BCUT2D eigenvalue weighted by molar-refractivity contribution is 0.282. The van der Waals surface area contributed by atoms with E-state index < -0.39 is 0 Å². The Morgan fingerprint density at radius 1 is 1.17 bits per heavy atom. The van der Waals surface area contributed by atoms with Gasteiger partial charge in [0, 0.05) is 17.7 Å². The van der Waals surface area contributed by atoms with Crippen LogP contribution in [0, 0.1) is 0 Å². The van der Waals surface area contributed by atoms with Crippen LogP contribution in [0.2, 0.25) is 0 Å². The van der Waals surface area contributed by atoms with Gasteiger partial charge < -0.3 is 10.4 Å². The molecule has 2 aromatic rings. The van der Waals surface area contributed by atoms with Crippen molar-refractivity contribution in [3.05, 3.63) is 47.9 Å². The van der Waals surface area contributed by atoms with E-state index in [1.54, 1.807) is 24.2 Å². The highest BCUT2D eigenvalue weighted by Crippen LogP contribution is 2.22. The Hall–Kier alpha value is -1.59. The molecule has 0 aliphatic heterocycles. The average Bonchev–Trinajstić information content (AvgIpc) is 2.46. The summed E-state index contributed by atoms with van der Waals surface area (Å²) in [6.45, 7) is 0.0852. The lowest BCUT2D eigenvalue weighted by atomic mass is 10.2. The fourth-order valence-corrected chi connectivity index (χ4v) is 2.20. The molecule has 0 radical (unpaired) electrons. The molecule has 0 aliphatic carbocycles. The maximum atomic E-state index is 8.95. The predicted octanol–water partition coefficient (Wildman–Crippen LogP) is 2.30. The van der Waals surface area contributed by atoms with E-state index in [2.05, 4.69) is 15.3 Å². The van der Waals surface area contributed by atoms with E-state index in [-0.39, 0.29) is 6.61 Å². The molecule has 0 amide bonds. The van der Waals surface area contributed by atoms with Crippen LogP contribution in [0.3, 0.4) is 0 Å². The highest BCUT2D eigenvalue weighted by atomic mass is 32.2. The predicted molar refractivity (Wildman–Crippen MR) is 73.5 cm³/mol. The third-order valence-electron chi connectivity index (χ3n) is 2.45. The number of hydrogen-bond donors (Lipinski definition) is 2. The van der Waals surface area contributed by atoms with E-state index in [0.717, 1.165) is 27.7 Å². The molecule has 0 fully saturated rings. The van der Waals surface area contributed by atoms with E-state index in [1.165, 1.54) is 0 Å². The molecule has 2 N–H and O–H groups in total. The molecular formula is C13H15N3OS. The Balaban J connectivity index is 1.93. The van der Waals surface area contributed by atoms with Gasteiger partial charge in [-0.3, -0.25) is 4.98 Å². The van der Waals surface area contributed by atoms with Crippen LogP contribution in [0.15, 0.2) is 41.6 Å². The molecule has 0 spiro atoms. The van der Waals surface area contributed by atoms with E-state index in [0.29, 0.717) is 0 Å². The van der Waals surface area contributed by atoms with Crippen molar-refractivity contribution in [2.75, 3.05) is 12.4 Å². The van der Waals surface area contributed by atoms with Crippen LogP contribution >= 0.6 is 11.8 Å². The molecule has 1 aromatic carbocycles. The van der Waals surface area contributed by atoms with Crippen molar-refractivity contribution in [1.82, 2.24) is 9.97 Å². The zero-order valence-electron chi connectivity index (χ0n) is 10.1. The fourth-order valence-electron chi connectivity index (χ4n) is 1.41. The van der Waals surface area contributed by atoms with Crippen molar-refractivity contribution in [1.29, 1.82) is 0 Å². The van der Waals surface area contributed by atoms with Crippen molar-refractivity contribution < 1.29 is 5.11 Å². The van der Waals surface area contributed by atoms with Crippen LogP contribution in [0.25, 0.3) is 0 Å². The minimum Gasteiger partial charge on any atom is -0.392 e. The van der Waals surface area contributed by atoms with Crippen molar-refractivity contribution in [2.45, 2.75) is 17.3 Å². The van der Waals surface area contributed by atoms with E-state index in [9.17, 15) is 0 Å². The third-order valence-corrected chi connectivity index (χ3v) is 3.50. The number of aliphatic hydroxyl groups excluding tert-OH is 1. The number of benzene rings is 1. The van der Waals surface area contributed by atoms with Gasteiger partial charge in [-0.1, -0.05) is 12.1 Å². The lowest BCUT2D eigenvalue weighted by Gasteiger charge is -2.03. The maximum Gasteiger partial charge on any atom is 0.144 e. The summed E-state index contributed by atoms with van der Waals surface area (Å²) >= 11 is 1.70. The molecule has 0 atom stereocenters. The van der Waals surface area contributed by atoms with Gasteiger partial charge in [0.05, 0.1) is 24.7 Å². The van der Waals surface area contributed by atoms with Crippen LogP contribution in [0.5, 0.6) is 0 Å². The van der Waals surface area contributed by atoms with Crippen LogP contribution in [0.1, 0.15) is 11.3 Å². The monoisotopic (exact) mass is 261 g/mol. The Kier molecular flexibility index (Phi) is 4.55. The van der Waals surface area contributed by atoms with Crippen LogP contribution in [0.4, 0.5) is 5.82 Å². The second kappa shape index (κ2) is 6.37. The second-order valence-corrected chi connectivity index (χ2v) is 4.78. The lowest BCUT2D eigenvalue weighted by Crippen LogP contribution is -1.95. The number of aromatic nitrogens is 2. The summed E-state index contributed by atoms with van der Waals surface area (Å²) in [7, 11) is 1.82. The zero-order valence-corrected chi connectivity index (χ0v) is 10.9. The highest BCUT2D eigenvalue weighted by Gasteiger charge is 1.99. The number of nitrogens with zero attached hydrogens (tertiary/aromatic N) is 2. The van der Waals surface area contributed by atoms with Gasteiger partial charge in [-0.05, 0) is 17.7 Å². The highest BCUT2D eigenvalue weighted by molar-refractivity contribution is 7.98. The minimum absolute atomic E-state index is 0.0852. The van der Waals surface area contributed by atoms with Gasteiger partial charge in [0.15, 0.2) is 0 Å². The summed E-state index contributed by atoms with van der Waals surface area (Å²) in [4.78, 5) is 9.69. The summed E-state index contributed by atoms with van der Waals surface area (Å²) in [6, 6.07) is 7.87. The van der Waals surface area contributed by atoms with Gasteiger partial charge in [-0.15, -0.1) is 11.8 Å². The Morgan fingerprint density at radius 2 is 1.94 bits per heavy atom. The second-order valence-electron chi connectivity index (χ2n) is 3.73. The standard InChI is InChI=1S/C13H15N3OS/c1-14-13-7-15-11(6-16-13)9-18-12-4-2-10(8-17)3-5-12/h2-7,17H,8-9H2,1H3,(H,14,16). The van der Waals surface area contributed by atoms with Crippen LogP contribution in [-0.2, 0) is 12.4 Å². The summed E-state index contributed by atoms with van der Waals surface area (Å²) in [5.41, 5.74) is 1.88. The number of anilines is 1. The molecule has 0 bridgehead atoms. The Bertz CT molecular complexity index is 437. The van der Waals surface area contributed by atoms with Crippen molar-refractivity contribution in [2.24, 2.45) is 0 Å². The molecule has 1 aromatic heterocycles. The first-order valence-corrected chi connectivity index (χ1v) is 6.61. The number of hydrogen-bond acceptors (Lipinski definition) is 5. The first-order valence-electron chi connectivity index (χ1n) is 5.63. The number of rotatable bonds is 5. The van der Waals surface area contributed by atoms with E-state index >= 15 is 0 Å². The molecule has 0 saturated carbocycles. The van der Waals surface area contributed by atoms with Crippen molar-refractivity contribution in [3.8, 4) is 0 Å². The van der Waals surface area contributed by atoms with Gasteiger partial charge in [-0.2, -0.15) is 0 Å². The Morgan fingerprint density at radius 3 is 2.50 bits per heavy atom. The van der Waals surface area contributed by atoms with E-state index in [1.807, 2.05) is 31.3 Å². The maximum absolute atomic E-state index is 8.95. The number of nitrogens with one attached hydrogen (secondary N) is 1. The molecule has 2 rings (SSSR count). The minimum atomic E-state index is 0.0852. The normalized spacial score (nSPS) is 10.3. The largest absolute Gasteiger partial charge is 0.392 e. The van der Waals surface area contributed by atoms with Crippen molar-refractivity contribution >= 4 is 17.6 Å². The summed E-state index contributed by atoms with van der Waals surface area (Å²) in [5.74, 6) is 1.56. The Labute approximate surface area is 110 Å². The zero-order chi connectivity index (χ0) is 12.8. The molecule has 0 unspecified atom stereocenters. The smallest absolute Gasteiger partial charge is 0.144 e. The van der Waals surface area contributed by atoms with Crippen LogP contribution in [-0.4, -0.2) is 22.1 Å². The average molecular weight is 261 g/mol. The first-order chi connectivity index (χ1) is 8.81. The fraction of sp³-hybridized carbons (Fsp3) is 0.231. The van der Waals surface area contributed by atoms with Gasteiger partial charge in [-0.25, -0.2) is 4.98 Å². The molecule has 0 aliphatic rings. The van der Waals surface area contributed by atoms with Gasteiger partial charge in [0.2, 0.25) is 0 Å². The van der Waals surface area contributed by atoms with E-state index in [4.69, 9.17) is 5.11 Å². The number of thioether (sulfide) groups is 1. The molecule has 1 heterocycles. The summed E-state index contributed by atoms with van der Waals surface area (Å²) in [5, 5.41) is 11.9. The van der Waals surface area contributed by atoms with Crippen molar-refractivity contribution in [3.63, 3.8) is 0 Å². The summed E-state index contributed by atoms with van der Waals surface area (Å²) in [6.07, 6.45) is 3.51. The van der Waals surface area contributed by atoms with Gasteiger partial charge in [0.1, 0.15) is 5.82 Å². The molecule has 0 saturated heterocycles. The summed E-state index contributed by atoms with van der Waals surface area (Å²) < 4.78 is 0. The van der Waals surface area contributed by atoms with Crippen LogP contribution < -0.4 is 5.32 Å². The molecular weight excluding hydrogens is 246 g/mol. The molecule has 94 valence electrons. The SMILES string of the molecule is CNc1cnc(CSc2ccc(CO)cc2)cn1. The molecule has 18 heavy (non-hydrogen) atoms. The molecule has 4 nitrogen and oxygen atoms in total. The topological polar surface area (TPSA) is 58.0 Å². The van der Waals surface area contributed by atoms with Gasteiger partial charge in [0.25, 0.3) is 0 Å². The number of aliphatic hydroxyl groups is 1. The third kappa shape index (κ3) is 3.45.